The number of benzene rings is 1. The number of carboxylic acid groups (broad SMARTS) is 1. The van der Waals surface area contributed by atoms with Gasteiger partial charge in [-0.2, -0.15) is 4.98 Å². The van der Waals surface area contributed by atoms with Crippen molar-refractivity contribution in [3.8, 4) is 11.5 Å². The van der Waals surface area contributed by atoms with E-state index in [1.165, 1.54) is 0 Å². The van der Waals surface area contributed by atoms with Crippen LogP contribution in [0.25, 0.3) is 16.8 Å². The summed E-state index contributed by atoms with van der Waals surface area (Å²) in [5.41, 5.74) is 1.50. The number of nitrogens with zero attached hydrogens (tertiary/aromatic N) is 3. The summed E-state index contributed by atoms with van der Waals surface area (Å²) in [6.07, 6.45) is 0. The Labute approximate surface area is 111 Å². The summed E-state index contributed by atoms with van der Waals surface area (Å²) in [4.78, 5) is 19.0. The average molecular weight is 275 g/mol. The summed E-state index contributed by atoms with van der Waals surface area (Å²) < 4.78 is 12.3. The van der Waals surface area contributed by atoms with Gasteiger partial charge in [-0.1, -0.05) is 0 Å². The Morgan fingerprint density at radius 3 is 3.00 bits per heavy atom. The number of anilines is 1. The monoisotopic (exact) mass is 275 g/mol. The van der Waals surface area contributed by atoms with Crippen LogP contribution in [0.2, 0.25) is 0 Å². The lowest BCUT2D eigenvalue weighted by atomic mass is 10.3. The Bertz CT molecular complexity index is 836. The van der Waals surface area contributed by atoms with Gasteiger partial charge in [-0.05, 0) is 0 Å². The molecule has 1 aliphatic heterocycles. The largest absolute Gasteiger partial charge is 0.480 e. The highest BCUT2D eigenvalue weighted by molar-refractivity contribution is 5.83. The van der Waals surface area contributed by atoms with Crippen molar-refractivity contribution in [3.63, 3.8) is 0 Å². The molecule has 0 fully saturated rings. The molecule has 0 atom stereocenters. The van der Waals surface area contributed by atoms with E-state index in [1.54, 1.807) is 16.6 Å². The molecule has 0 radical (unpaired) electrons. The van der Waals surface area contributed by atoms with Crippen molar-refractivity contribution in [2.45, 2.75) is 0 Å². The normalized spacial score (nSPS) is 13.2. The summed E-state index contributed by atoms with van der Waals surface area (Å²) in [7, 11) is 0. The summed E-state index contributed by atoms with van der Waals surface area (Å²) >= 11 is 0. The maximum Gasteiger partial charge on any atom is 0.322 e. The van der Waals surface area contributed by atoms with E-state index in [0.29, 0.717) is 23.2 Å². The minimum absolute atomic E-state index is 0.199. The van der Waals surface area contributed by atoms with Crippen molar-refractivity contribution in [2.24, 2.45) is 0 Å². The van der Waals surface area contributed by atoms with E-state index < -0.39 is 5.97 Å². The zero-order valence-electron chi connectivity index (χ0n) is 10.1. The van der Waals surface area contributed by atoms with Gasteiger partial charge in [0.25, 0.3) is 5.78 Å². The highest BCUT2D eigenvalue weighted by Gasteiger charge is 2.18. The van der Waals surface area contributed by atoms with Gasteiger partial charge in [0, 0.05) is 12.1 Å². The van der Waals surface area contributed by atoms with E-state index in [4.69, 9.17) is 14.6 Å². The first-order valence-electron chi connectivity index (χ1n) is 5.84. The maximum absolute atomic E-state index is 10.5. The lowest BCUT2D eigenvalue weighted by Gasteiger charge is -1.97. The number of ether oxygens (including phenoxy) is 2. The minimum Gasteiger partial charge on any atom is -0.480 e. The van der Waals surface area contributed by atoms with Crippen molar-refractivity contribution in [2.75, 3.05) is 18.7 Å². The minimum atomic E-state index is -0.965. The van der Waals surface area contributed by atoms with Crippen LogP contribution in [0.5, 0.6) is 11.5 Å². The number of fused-ring (bicyclic) bond motifs is 4. The molecule has 1 aliphatic rings. The topological polar surface area (TPSA) is 114 Å². The van der Waals surface area contributed by atoms with Gasteiger partial charge in [-0.25, -0.2) is 9.50 Å². The molecule has 0 unspecified atom stereocenters. The van der Waals surface area contributed by atoms with Crippen LogP contribution in [0, 0.1) is 0 Å². The first kappa shape index (κ1) is 10.9. The molecule has 0 saturated carbocycles. The van der Waals surface area contributed by atoms with Crippen LogP contribution in [0.4, 0.5) is 5.95 Å². The third kappa shape index (κ3) is 1.53. The summed E-state index contributed by atoms with van der Waals surface area (Å²) in [5.74, 6) is 1.12. The summed E-state index contributed by atoms with van der Waals surface area (Å²) in [5, 5.41) is 14.2. The SMILES string of the molecule is O=C(O)CNc1nc2nc3cc4c(cc3n2[nH]1)OCO4. The molecule has 0 spiro atoms. The average Bonchev–Trinajstić information content (AvgIpc) is 3.06. The number of carbonyl (C=O) groups is 1. The fraction of sp³-hybridized carbons (Fsp3) is 0.182. The van der Waals surface area contributed by atoms with Crippen LogP contribution >= 0.6 is 0 Å². The number of aliphatic carboxylic acids is 1. The van der Waals surface area contributed by atoms with Crippen LogP contribution < -0.4 is 14.8 Å². The molecule has 3 heterocycles. The Morgan fingerprint density at radius 2 is 2.20 bits per heavy atom. The second kappa shape index (κ2) is 3.76. The van der Waals surface area contributed by atoms with E-state index in [0.717, 1.165) is 11.0 Å². The molecule has 0 saturated heterocycles. The lowest BCUT2D eigenvalue weighted by Crippen LogP contribution is -2.13. The zero-order chi connectivity index (χ0) is 13.7. The van der Waals surface area contributed by atoms with E-state index in [-0.39, 0.29) is 13.3 Å². The number of aromatic amines is 1. The highest BCUT2D eigenvalue weighted by Crippen LogP contribution is 2.35. The molecule has 102 valence electrons. The molecule has 4 rings (SSSR count). The van der Waals surface area contributed by atoms with Crippen LogP contribution in [-0.2, 0) is 4.79 Å². The van der Waals surface area contributed by atoms with Crippen LogP contribution in [0.1, 0.15) is 0 Å². The third-order valence-corrected chi connectivity index (χ3v) is 2.97. The molecular weight excluding hydrogens is 266 g/mol. The number of imidazole rings is 1. The van der Waals surface area contributed by atoms with Gasteiger partial charge in [0.2, 0.25) is 12.7 Å². The van der Waals surface area contributed by atoms with Gasteiger partial charge in [-0.15, -0.1) is 0 Å². The Morgan fingerprint density at radius 1 is 1.40 bits per heavy atom. The number of nitrogens with one attached hydrogen (secondary N) is 2. The Balaban J connectivity index is 1.81. The standard InChI is InChI=1S/C11H9N5O4/c17-9(18)3-12-10-14-11-13-5-1-7-8(20-4-19-7)2-6(5)16(11)15-10/h1-2H,3-4H2,(H,17,18)(H2,12,13,14,15). The third-order valence-electron chi connectivity index (χ3n) is 2.97. The number of aromatic nitrogens is 4. The van der Waals surface area contributed by atoms with Gasteiger partial charge in [-0.3, -0.25) is 9.89 Å². The number of H-pyrrole nitrogens is 1. The second-order valence-corrected chi connectivity index (χ2v) is 4.26. The molecule has 0 aliphatic carbocycles. The molecule has 9 nitrogen and oxygen atoms in total. The van der Waals surface area contributed by atoms with Crippen molar-refractivity contribution >= 4 is 28.7 Å². The predicted octanol–water partition coefficient (Wildman–Crippen LogP) is 0.436. The predicted molar refractivity (Wildman–Crippen MR) is 67.1 cm³/mol. The Kier molecular flexibility index (Phi) is 2.05. The first-order valence-corrected chi connectivity index (χ1v) is 5.84. The van der Waals surface area contributed by atoms with Crippen molar-refractivity contribution in [3.05, 3.63) is 12.1 Å². The lowest BCUT2D eigenvalue weighted by molar-refractivity contribution is -0.134. The fourth-order valence-electron chi connectivity index (χ4n) is 2.11. The Hall–Kier alpha value is -2.97. The van der Waals surface area contributed by atoms with Crippen LogP contribution in [0.15, 0.2) is 12.1 Å². The molecule has 3 N–H and O–H groups in total. The molecule has 1 aromatic carbocycles. The van der Waals surface area contributed by atoms with Gasteiger partial charge >= 0.3 is 5.97 Å². The van der Waals surface area contributed by atoms with Gasteiger partial charge in [0.15, 0.2) is 11.5 Å². The van der Waals surface area contributed by atoms with E-state index >= 15 is 0 Å². The summed E-state index contributed by atoms with van der Waals surface area (Å²) in [6, 6.07) is 3.58. The van der Waals surface area contributed by atoms with Crippen LogP contribution in [0.3, 0.4) is 0 Å². The van der Waals surface area contributed by atoms with Crippen molar-refractivity contribution < 1.29 is 19.4 Å². The summed E-state index contributed by atoms with van der Waals surface area (Å²) in [6.45, 7) is -0.0227. The number of carboxylic acids is 1. The molecule has 3 aromatic rings. The van der Waals surface area contributed by atoms with Crippen molar-refractivity contribution in [1.29, 1.82) is 0 Å². The molecule has 0 bridgehead atoms. The second-order valence-electron chi connectivity index (χ2n) is 4.26. The van der Waals surface area contributed by atoms with E-state index in [2.05, 4.69) is 20.4 Å². The first-order chi connectivity index (χ1) is 9.70. The van der Waals surface area contributed by atoms with Gasteiger partial charge < -0.3 is 19.9 Å². The number of hydrogen-bond acceptors (Lipinski definition) is 6. The highest BCUT2D eigenvalue weighted by atomic mass is 16.7. The van der Waals surface area contributed by atoms with Crippen molar-refractivity contribution in [1.82, 2.24) is 19.6 Å². The molecule has 0 amide bonds. The maximum atomic E-state index is 10.5. The number of hydrogen-bond donors (Lipinski definition) is 3. The fourth-order valence-corrected chi connectivity index (χ4v) is 2.11. The smallest absolute Gasteiger partial charge is 0.322 e. The zero-order valence-corrected chi connectivity index (χ0v) is 10.1. The van der Waals surface area contributed by atoms with Crippen LogP contribution in [-0.4, -0.2) is 44.0 Å². The molecule has 20 heavy (non-hydrogen) atoms. The van der Waals surface area contributed by atoms with Gasteiger partial charge in [0.1, 0.15) is 6.54 Å². The van der Waals surface area contributed by atoms with E-state index in [1.807, 2.05) is 0 Å². The molecular formula is C11H9N5O4. The van der Waals surface area contributed by atoms with E-state index in [9.17, 15) is 4.79 Å². The molecule has 9 heteroatoms. The molecule has 2 aromatic heterocycles. The van der Waals surface area contributed by atoms with Gasteiger partial charge in [0.05, 0.1) is 11.0 Å². The quantitative estimate of drug-likeness (QED) is 0.635. The number of rotatable bonds is 3.